The van der Waals surface area contributed by atoms with Crippen LogP contribution in [0.4, 0.5) is 0 Å². The van der Waals surface area contributed by atoms with Gasteiger partial charge in [0.05, 0.1) is 31.7 Å². The number of aromatic amines is 1. The van der Waals surface area contributed by atoms with Crippen molar-refractivity contribution < 1.29 is 9.15 Å². The summed E-state index contributed by atoms with van der Waals surface area (Å²) < 4.78 is 11.0. The lowest BCUT2D eigenvalue weighted by Gasteiger charge is -2.01. The first-order valence-electron chi connectivity index (χ1n) is 7.66. The third kappa shape index (κ3) is 2.99. The van der Waals surface area contributed by atoms with Crippen molar-refractivity contribution in [2.24, 2.45) is 0 Å². The van der Waals surface area contributed by atoms with Crippen LogP contribution in [0.2, 0.25) is 0 Å². The summed E-state index contributed by atoms with van der Waals surface area (Å²) in [7, 11) is 1.65. The van der Waals surface area contributed by atoms with Crippen LogP contribution in [0.3, 0.4) is 0 Å². The monoisotopic (exact) mass is 320 g/mol. The molecule has 2 aromatic carbocycles. The number of H-pyrrole nitrogens is 1. The molecular weight excluding hydrogens is 304 g/mol. The number of fused-ring (bicyclic) bond motifs is 1. The van der Waals surface area contributed by atoms with Gasteiger partial charge in [0.15, 0.2) is 0 Å². The number of rotatable bonds is 5. The summed E-state index contributed by atoms with van der Waals surface area (Å²) >= 11 is 0. The van der Waals surface area contributed by atoms with Gasteiger partial charge in [0.25, 0.3) is 0 Å². The van der Waals surface area contributed by atoms with Crippen LogP contribution < -0.4 is 4.74 Å². The molecule has 0 fully saturated rings. The minimum atomic E-state index is 0.588. The summed E-state index contributed by atoms with van der Waals surface area (Å²) in [6, 6.07) is 14.0. The van der Waals surface area contributed by atoms with Gasteiger partial charge in [-0.25, -0.2) is 0 Å². The Hall–Kier alpha value is -3.15. The number of hydrogen-bond acceptors (Lipinski definition) is 5. The van der Waals surface area contributed by atoms with Gasteiger partial charge < -0.3 is 9.15 Å². The molecule has 0 bridgehead atoms. The lowest BCUT2D eigenvalue weighted by molar-refractivity contribution is 0.414. The Morgan fingerprint density at radius 2 is 1.79 bits per heavy atom. The van der Waals surface area contributed by atoms with Gasteiger partial charge in [-0.2, -0.15) is 5.10 Å². The molecule has 0 saturated carbocycles. The molecule has 2 heterocycles. The molecule has 0 radical (unpaired) electrons. The van der Waals surface area contributed by atoms with E-state index in [0.29, 0.717) is 24.6 Å². The number of ether oxygens (including phenoxy) is 1. The summed E-state index contributed by atoms with van der Waals surface area (Å²) in [5.41, 5.74) is 3.20. The average Bonchev–Trinajstić information content (AvgIpc) is 3.24. The Morgan fingerprint density at radius 3 is 2.58 bits per heavy atom. The second kappa shape index (κ2) is 6.16. The summed E-state index contributed by atoms with van der Waals surface area (Å²) in [6.45, 7) is 0. The highest BCUT2D eigenvalue weighted by Crippen LogP contribution is 2.18. The molecule has 4 rings (SSSR count). The van der Waals surface area contributed by atoms with Gasteiger partial charge in [-0.3, -0.25) is 5.10 Å². The zero-order valence-corrected chi connectivity index (χ0v) is 13.2. The van der Waals surface area contributed by atoms with E-state index in [1.165, 1.54) is 0 Å². The molecule has 0 unspecified atom stereocenters. The molecule has 0 spiro atoms. The molecular formula is C18H16N4O2. The number of nitrogens with zero attached hydrogens (tertiary/aromatic N) is 3. The molecule has 4 aromatic rings. The Morgan fingerprint density at radius 1 is 1.00 bits per heavy atom. The van der Waals surface area contributed by atoms with E-state index >= 15 is 0 Å². The second-order valence-corrected chi connectivity index (χ2v) is 5.59. The zero-order chi connectivity index (χ0) is 16.4. The van der Waals surface area contributed by atoms with E-state index in [4.69, 9.17) is 9.15 Å². The summed E-state index contributed by atoms with van der Waals surface area (Å²) in [6.07, 6.45) is 3.00. The fourth-order valence-corrected chi connectivity index (χ4v) is 2.67. The first-order chi connectivity index (χ1) is 11.8. The minimum absolute atomic E-state index is 0.588. The van der Waals surface area contributed by atoms with Gasteiger partial charge in [0, 0.05) is 5.39 Å². The van der Waals surface area contributed by atoms with Crippen molar-refractivity contribution in [3.05, 3.63) is 71.6 Å². The van der Waals surface area contributed by atoms with E-state index in [0.717, 1.165) is 27.8 Å². The van der Waals surface area contributed by atoms with Crippen LogP contribution in [-0.2, 0) is 12.8 Å². The van der Waals surface area contributed by atoms with E-state index in [-0.39, 0.29) is 0 Å². The number of benzene rings is 2. The van der Waals surface area contributed by atoms with Gasteiger partial charge in [-0.15, -0.1) is 10.2 Å². The van der Waals surface area contributed by atoms with Crippen LogP contribution in [0.25, 0.3) is 10.9 Å². The van der Waals surface area contributed by atoms with Crippen LogP contribution in [0.15, 0.2) is 53.1 Å². The van der Waals surface area contributed by atoms with Crippen molar-refractivity contribution in [2.75, 3.05) is 7.11 Å². The summed E-state index contributed by atoms with van der Waals surface area (Å²) in [4.78, 5) is 0. The Bertz CT molecular complexity index is 974. The maximum absolute atomic E-state index is 5.77. The van der Waals surface area contributed by atoms with E-state index in [1.54, 1.807) is 13.3 Å². The maximum Gasteiger partial charge on any atom is 0.220 e. The van der Waals surface area contributed by atoms with Crippen LogP contribution in [-0.4, -0.2) is 27.5 Å². The maximum atomic E-state index is 5.77. The molecule has 6 heteroatoms. The topological polar surface area (TPSA) is 76.8 Å². The van der Waals surface area contributed by atoms with Crippen LogP contribution in [0, 0.1) is 0 Å². The SMILES string of the molecule is COc1cccc(Cc2nnc(Cc3ccc4[nH]ncc4c3)o2)c1. The number of hydrogen-bond donors (Lipinski definition) is 1. The average molecular weight is 320 g/mol. The highest BCUT2D eigenvalue weighted by molar-refractivity contribution is 5.78. The standard InChI is InChI=1S/C18H16N4O2/c1-23-15-4-2-3-12(8-15)9-17-21-22-18(24-17)10-13-5-6-16-14(7-13)11-19-20-16/h2-8,11H,9-10H2,1H3,(H,19,20). The Balaban J connectivity index is 1.49. The molecule has 120 valence electrons. The summed E-state index contributed by atoms with van der Waals surface area (Å²) in [5.74, 6) is 2.03. The third-order valence-corrected chi connectivity index (χ3v) is 3.86. The highest BCUT2D eigenvalue weighted by atomic mass is 16.5. The minimum Gasteiger partial charge on any atom is -0.497 e. The van der Waals surface area contributed by atoms with Gasteiger partial charge in [-0.05, 0) is 35.4 Å². The van der Waals surface area contributed by atoms with E-state index in [9.17, 15) is 0 Å². The number of aromatic nitrogens is 4. The Labute approximate surface area is 138 Å². The second-order valence-electron chi connectivity index (χ2n) is 5.59. The zero-order valence-electron chi connectivity index (χ0n) is 13.2. The van der Waals surface area contributed by atoms with E-state index in [2.05, 4.69) is 26.5 Å². The molecule has 2 aromatic heterocycles. The van der Waals surface area contributed by atoms with E-state index in [1.807, 2.05) is 36.4 Å². The fraction of sp³-hybridized carbons (Fsp3) is 0.167. The van der Waals surface area contributed by atoms with Gasteiger partial charge >= 0.3 is 0 Å². The summed E-state index contributed by atoms with van der Waals surface area (Å²) in [5, 5.41) is 16.3. The van der Waals surface area contributed by atoms with Crippen molar-refractivity contribution in [1.29, 1.82) is 0 Å². The molecule has 6 nitrogen and oxygen atoms in total. The third-order valence-electron chi connectivity index (χ3n) is 3.86. The Kier molecular flexibility index (Phi) is 3.70. The molecule has 0 atom stereocenters. The van der Waals surface area contributed by atoms with E-state index < -0.39 is 0 Å². The smallest absolute Gasteiger partial charge is 0.220 e. The van der Waals surface area contributed by atoms with Crippen LogP contribution >= 0.6 is 0 Å². The predicted octanol–water partition coefficient (Wildman–Crippen LogP) is 3.14. The molecule has 24 heavy (non-hydrogen) atoms. The quantitative estimate of drug-likeness (QED) is 0.611. The first-order valence-corrected chi connectivity index (χ1v) is 7.66. The van der Waals surface area contributed by atoms with Crippen molar-refractivity contribution in [1.82, 2.24) is 20.4 Å². The largest absolute Gasteiger partial charge is 0.497 e. The molecule has 0 amide bonds. The van der Waals surface area contributed by atoms with Crippen molar-refractivity contribution in [2.45, 2.75) is 12.8 Å². The van der Waals surface area contributed by atoms with Crippen LogP contribution in [0.5, 0.6) is 5.75 Å². The molecule has 0 saturated heterocycles. The van der Waals surface area contributed by atoms with Gasteiger partial charge in [0.2, 0.25) is 11.8 Å². The lowest BCUT2D eigenvalue weighted by Crippen LogP contribution is -1.90. The van der Waals surface area contributed by atoms with Crippen LogP contribution in [0.1, 0.15) is 22.9 Å². The molecule has 0 aliphatic rings. The number of methoxy groups -OCH3 is 1. The van der Waals surface area contributed by atoms with Gasteiger partial charge in [-0.1, -0.05) is 18.2 Å². The molecule has 0 aliphatic carbocycles. The molecule has 0 aliphatic heterocycles. The first kappa shape index (κ1) is 14.4. The lowest BCUT2D eigenvalue weighted by atomic mass is 10.1. The predicted molar refractivity (Wildman–Crippen MR) is 89.0 cm³/mol. The number of nitrogens with one attached hydrogen (secondary N) is 1. The van der Waals surface area contributed by atoms with Gasteiger partial charge in [0.1, 0.15) is 5.75 Å². The van der Waals surface area contributed by atoms with Crippen molar-refractivity contribution in [3.8, 4) is 5.75 Å². The normalized spacial score (nSPS) is 11.0. The molecule has 1 N–H and O–H groups in total. The highest BCUT2D eigenvalue weighted by Gasteiger charge is 2.09. The van der Waals surface area contributed by atoms with Crippen molar-refractivity contribution >= 4 is 10.9 Å². The fourth-order valence-electron chi connectivity index (χ4n) is 2.67. The van der Waals surface area contributed by atoms with Crippen molar-refractivity contribution in [3.63, 3.8) is 0 Å².